The van der Waals surface area contributed by atoms with Crippen molar-refractivity contribution in [1.29, 1.82) is 0 Å². The van der Waals surface area contributed by atoms with Crippen molar-refractivity contribution in [3.63, 3.8) is 0 Å². The van der Waals surface area contributed by atoms with Crippen LogP contribution in [0.5, 0.6) is 0 Å². The molecule has 0 atom stereocenters. The van der Waals surface area contributed by atoms with Gasteiger partial charge >= 0.3 is 0 Å². The smallest absolute Gasteiger partial charge is 0.0951 e. The van der Waals surface area contributed by atoms with Crippen LogP contribution in [0.4, 0.5) is 0 Å². The molecule has 0 aromatic carbocycles. The lowest BCUT2D eigenvalue weighted by Crippen LogP contribution is -2.24. The van der Waals surface area contributed by atoms with Gasteiger partial charge in [0.2, 0.25) is 0 Å². The molecule has 0 saturated heterocycles. The number of aromatic nitrogens is 2. The van der Waals surface area contributed by atoms with E-state index in [4.69, 9.17) is 0 Å². The first-order chi connectivity index (χ1) is 8.17. The van der Waals surface area contributed by atoms with Gasteiger partial charge in [-0.3, -0.25) is 0 Å². The highest BCUT2D eigenvalue weighted by atomic mass is 15.1. The van der Waals surface area contributed by atoms with Crippen molar-refractivity contribution in [2.24, 2.45) is 5.41 Å². The van der Waals surface area contributed by atoms with Gasteiger partial charge in [0.15, 0.2) is 0 Å². The maximum Gasteiger partial charge on any atom is 0.0951 e. The summed E-state index contributed by atoms with van der Waals surface area (Å²) >= 11 is 0. The van der Waals surface area contributed by atoms with E-state index in [1.54, 1.807) is 0 Å². The van der Waals surface area contributed by atoms with Crippen molar-refractivity contribution >= 4 is 0 Å². The van der Waals surface area contributed by atoms with Gasteiger partial charge in [-0.1, -0.05) is 13.3 Å². The van der Waals surface area contributed by atoms with E-state index in [1.165, 1.54) is 37.9 Å². The Hall–Kier alpha value is -0.830. The molecule has 1 N–H and O–H groups in total. The fraction of sp³-hybridized carbons (Fsp3) is 0.786. The fourth-order valence-corrected chi connectivity index (χ4v) is 2.61. The number of nitrogens with one attached hydrogen (secondary N) is 1. The monoisotopic (exact) mass is 235 g/mol. The summed E-state index contributed by atoms with van der Waals surface area (Å²) in [6.07, 6.45) is 9.43. The van der Waals surface area contributed by atoms with Crippen molar-refractivity contribution in [1.82, 2.24) is 14.9 Å². The van der Waals surface area contributed by atoms with Gasteiger partial charge in [0.25, 0.3) is 0 Å². The highest BCUT2D eigenvalue weighted by Crippen LogP contribution is 2.48. The Kier molecular flexibility index (Phi) is 3.87. The van der Waals surface area contributed by atoms with Crippen molar-refractivity contribution < 1.29 is 0 Å². The Labute approximate surface area is 105 Å². The Morgan fingerprint density at radius 3 is 2.82 bits per heavy atom. The molecule has 0 aliphatic heterocycles. The first-order valence-electron chi connectivity index (χ1n) is 6.88. The van der Waals surface area contributed by atoms with Crippen molar-refractivity contribution in [2.75, 3.05) is 6.54 Å². The van der Waals surface area contributed by atoms with Gasteiger partial charge in [-0.15, -0.1) is 0 Å². The van der Waals surface area contributed by atoms with Crippen LogP contribution in [0.15, 0.2) is 12.5 Å². The SMILES string of the molecule is CCCC1(CNCc2cncn2C(C)C)CC1. The molecule has 0 bridgehead atoms. The van der Waals surface area contributed by atoms with Crippen LogP contribution in [0.1, 0.15) is 58.2 Å². The molecule has 0 radical (unpaired) electrons. The fourth-order valence-electron chi connectivity index (χ4n) is 2.61. The molecule has 1 saturated carbocycles. The van der Waals surface area contributed by atoms with Crippen molar-refractivity contribution in [3.05, 3.63) is 18.2 Å². The largest absolute Gasteiger partial charge is 0.331 e. The number of hydrogen-bond donors (Lipinski definition) is 1. The van der Waals surface area contributed by atoms with Crippen LogP contribution < -0.4 is 5.32 Å². The van der Waals surface area contributed by atoms with E-state index in [-0.39, 0.29) is 0 Å². The molecule has 1 aromatic heterocycles. The molecule has 1 aliphatic carbocycles. The zero-order chi connectivity index (χ0) is 12.3. The quantitative estimate of drug-likeness (QED) is 0.787. The molecule has 1 aromatic rings. The lowest BCUT2D eigenvalue weighted by molar-refractivity contribution is 0.415. The standard InChI is InChI=1S/C14H25N3/c1-4-5-14(6-7-14)10-15-8-13-9-16-11-17(13)12(2)3/h9,11-12,15H,4-8,10H2,1-3H3. The highest BCUT2D eigenvalue weighted by Gasteiger charge is 2.40. The lowest BCUT2D eigenvalue weighted by atomic mass is 10.0. The van der Waals surface area contributed by atoms with Gasteiger partial charge < -0.3 is 9.88 Å². The molecular formula is C14H25N3. The van der Waals surface area contributed by atoms with Gasteiger partial charge in [0.1, 0.15) is 0 Å². The van der Waals surface area contributed by atoms with Gasteiger partial charge in [-0.25, -0.2) is 4.98 Å². The van der Waals surface area contributed by atoms with E-state index in [0.717, 1.165) is 6.54 Å². The Morgan fingerprint density at radius 2 is 2.24 bits per heavy atom. The van der Waals surface area contributed by atoms with E-state index < -0.39 is 0 Å². The summed E-state index contributed by atoms with van der Waals surface area (Å²) in [4.78, 5) is 4.23. The second-order valence-electron chi connectivity index (χ2n) is 5.74. The minimum atomic E-state index is 0.500. The maximum absolute atomic E-state index is 4.23. The van der Waals surface area contributed by atoms with Crippen molar-refractivity contribution in [2.45, 2.75) is 59.0 Å². The molecule has 1 fully saturated rings. The van der Waals surface area contributed by atoms with Crippen molar-refractivity contribution in [3.8, 4) is 0 Å². The van der Waals surface area contributed by atoms with Crippen LogP contribution in [0.2, 0.25) is 0 Å². The van der Waals surface area contributed by atoms with Crippen LogP contribution in [-0.2, 0) is 6.54 Å². The van der Waals surface area contributed by atoms with E-state index >= 15 is 0 Å². The predicted octanol–water partition coefficient (Wildman–Crippen LogP) is 3.13. The zero-order valence-corrected chi connectivity index (χ0v) is 11.4. The van der Waals surface area contributed by atoms with Gasteiger partial charge in [-0.2, -0.15) is 0 Å². The first-order valence-corrected chi connectivity index (χ1v) is 6.88. The molecule has 0 spiro atoms. The Morgan fingerprint density at radius 1 is 1.47 bits per heavy atom. The van der Waals surface area contributed by atoms with E-state index in [0.29, 0.717) is 11.5 Å². The number of rotatable bonds is 7. The number of nitrogens with zero attached hydrogens (tertiary/aromatic N) is 2. The van der Waals surface area contributed by atoms with Gasteiger partial charge in [0, 0.05) is 25.3 Å². The summed E-state index contributed by atoms with van der Waals surface area (Å²) in [5.74, 6) is 0. The molecule has 1 aliphatic rings. The Balaban J connectivity index is 1.80. The molecule has 2 rings (SSSR count). The molecule has 0 amide bonds. The summed E-state index contributed by atoms with van der Waals surface area (Å²) in [7, 11) is 0. The van der Waals surface area contributed by atoms with Gasteiger partial charge in [-0.05, 0) is 38.5 Å². The molecule has 0 unspecified atom stereocenters. The summed E-state index contributed by atoms with van der Waals surface area (Å²) in [5, 5.41) is 3.61. The average Bonchev–Trinajstić information content (AvgIpc) is 2.88. The summed E-state index contributed by atoms with van der Waals surface area (Å²) in [6.45, 7) is 8.80. The van der Waals surface area contributed by atoms with Crippen LogP contribution in [0, 0.1) is 5.41 Å². The van der Waals surface area contributed by atoms with Crippen LogP contribution in [0.25, 0.3) is 0 Å². The summed E-state index contributed by atoms with van der Waals surface area (Å²) in [6, 6.07) is 0.500. The molecular weight excluding hydrogens is 210 g/mol. The van der Waals surface area contributed by atoms with Crippen LogP contribution in [0.3, 0.4) is 0 Å². The minimum Gasteiger partial charge on any atom is -0.331 e. The number of imidazole rings is 1. The Bertz CT molecular complexity index is 350. The second kappa shape index (κ2) is 5.21. The third kappa shape index (κ3) is 3.09. The van der Waals surface area contributed by atoms with E-state index in [9.17, 15) is 0 Å². The second-order valence-corrected chi connectivity index (χ2v) is 5.74. The summed E-state index contributed by atoms with van der Waals surface area (Å²) < 4.78 is 2.24. The summed E-state index contributed by atoms with van der Waals surface area (Å²) in [5.41, 5.74) is 1.93. The normalized spacial score (nSPS) is 17.6. The van der Waals surface area contributed by atoms with E-state index in [1.807, 2.05) is 12.5 Å². The third-order valence-corrected chi connectivity index (χ3v) is 3.85. The van der Waals surface area contributed by atoms with Crippen LogP contribution >= 0.6 is 0 Å². The maximum atomic E-state index is 4.23. The zero-order valence-electron chi connectivity index (χ0n) is 11.4. The molecule has 17 heavy (non-hydrogen) atoms. The molecule has 1 heterocycles. The van der Waals surface area contributed by atoms with Crippen LogP contribution in [-0.4, -0.2) is 16.1 Å². The van der Waals surface area contributed by atoms with Gasteiger partial charge in [0.05, 0.1) is 12.0 Å². The topological polar surface area (TPSA) is 29.9 Å². The molecule has 96 valence electrons. The average molecular weight is 235 g/mol. The highest BCUT2D eigenvalue weighted by molar-refractivity contribution is 5.01. The molecule has 3 heteroatoms. The molecule has 3 nitrogen and oxygen atoms in total. The first kappa shape index (κ1) is 12.6. The lowest BCUT2D eigenvalue weighted by Gasteiger charge is -2.16. The predicted molar refractivity (Wildman–Crippen MR) is 70.9 cm³/mol. The minimum absolute atomic E-state index is 0.500. The third-order valence-electron chi connectivity index (χ3n) is 3.85. The van der Waals surface area contributed by atoms with E-state index in [2.05, 4.69) is 35.6 Å². The number of hydrogen-bond acceptors (Lipinski definition) is 2.